The van der Waals surface area contributed by atoms with Crippen molar-refractivity contribution < 1.29 is 4.74 Å². The number of methoxy groups -OCH3 is 1. The Morgan fingerprint density at radius 1 is 1.16 bits per heavy atom. The molecule has 4 rings (SSSR count). The van der Waals surface area contributed by atoms with Crippen LogP contribution < -0.4 is 10.1 Å². The third kappa shape index (κ3) is 3.13. The number of nitrogens with zero attached hydrogens (tertiary/aromatic N) is 3. The highest BCUT2D eigenvalue weighted by atomic mass is 16.5. The summed E-state index contributed by atoms with van der Waals surface area (Å²) in [5, 5.41) is 3.52. The van der Waals surface area contributed by atoms with Crippen LogP contribution in [0.2, 0.25) is 0 Å². The molecule has 2 aromatic carbocycles. The van der Waals surface area contributed by atoms with E-state index in [0.29, 0.717) is 6.04 Å². The number of hydrogen-bond acceptors (Lipinski definition) is 4. The Morgan fingerprint density at radius 3 is 2.72 bits per heavy atom. The van der Waals surface area contributed by atoms with Crippen LogP contribution in [0.5, 0.6) is 5.75 Å². The molecule has 3 aromatic rings. The zero-order chi connectivity index (χ0) is 17.2. The van der Waals surface area contributed by atoms with Crippen molar-refractivity contribution in [3.8, 4) is 5.75 Å². The van der Waals surface area contributed by atoms with Crippen molar-refractivity contribution in [2.75, 3.05) is 26.7 Å². The molecule has 1 aliphatic heterocycles. The van der Waals surface area contributed by atoms with Gasteiger partial charge < -0.3 is 14.6 Å². The highest BCUT2D eigenvalue weighted by molar-refractivity contribution is 5.75. The largest absolute Gasteiger partial charge is 0.497 e. The van der Waals surface area contributed by atoms with Gasteiger partial charge in [0.15, 0.2) is 0 Å². The topological polar surface area (TPSA) is 42.3 Å². The number of hydrogen-bond donors (Lipinski definition) is 1. The summed E-state index contributed by atoms with van der Waals surface area (Å²) in [5.41, 5.74) is 3.57. The number of aryl methyl sites for hydroxylation is 1. The minimum Gasteiger partial charge on any atom is -0.497 e. The summed E-state index contributed by atoms with van der Waals surface area (Å²) >= 11 is 0. The van der Waals surface area contributed by atoms with Crippen LogP contribution in [0.25, 0.3) is 11.0 Å². The van der Waals surface area contributed by atoms with Crippen LogP contribution in [0.1, 0.15) is 17.4 Å². The quantitative estimate of drug-likeness (QED) is 0.795. The first-order valence-electron chi connectivity index (χ1n) is 8.75. The van der Waals surface area contributed by atoms with Gasteiger partial charge in [0.05, 0.1) is 24.7 Å². The maximum absolute atomic E-state index is 5.29. The van der Waals surface area contributed by atoms with Crippen LogP contribution in [-0.2, 0) is 13.6 Å². The van der Waals surface area contributed by atoms with E-state index in [1.807, 2.05) is 18.2 Å². The summed E-state index contributed by atoms with van der Waals surface area (Å²) in [6.45, 7) is 3.83. The van der Waals surface area contributed by atoms with Gasteiger partial charge in [-0.15, -0.1) is 0 Å². The molecule has 1 atom stereocenters. The number of para-hydroxylation sites is 2. The molecular weight excluding hydrogens is 312 g/mol. The molecule has 0 bridgehead atoms. The molecule has 5 heteroatoms. The SMILES string of the molecule is COc1ccc([C@@H]2CNCCN2Cc2nc3ccccc3n2C)cc1. The van der Waals surface area contributed by atoms with Gasteiger partial charge in [0, 0.05) is 32.7 Å². The first-order valence-corrected chi connectivity index (χ1v) is 8.75. The van der Waals surface area contributed by atoms with E-state index in [4.69, 9.17) is 9.72 Å². The summed E-state index contributed by atoms with van der Waals surface area (Å²) in [4.78, 5) is 7.36. The fourth-order valence-corrected chi connectivity index (χ4v) is 3.61. The molecular formula is C20H24N4O. The van der Waals surface area contributed by atoms with E-state index in [-0.39, 0.29) is 0 Å². The second-order valence-electron chi connectivity index (χ2n) is 6.54. The lowest BCUT2D eigenvalue weighted by molar-refractivity contribution is 0.149. The predicted molar refractivity (Wildman–Crippen MR) is 99.7 cm³/mol. The van der Waals surface area contributed by atoms with E-state index in [9.17, 15) is 0 Å². The Morgan fingerprint density at radius 2 is 1.96 bits per heavy atom. The number of fused-ring (bicyclic) bond motifs is 1. The van der Waals surface area contributed by atoms with Crippen molar-refractivity contribution in [1.82, 2.24) is 19.8 Å². The van der Waals surface area contributed by atoms with Crippen molar-refractivity contribution in [2.45, 2.75) is 12.6 Å². The number of ether oxygens (including phenoxy) is 1. The number of piperazine rings is 1. The van der Waals surface area contributed by atoms with E-state index >= 15 is 0 Å². The lowest BCUT2D eigenvalue weighted by atomic mass is 10.0. The third-order valence-corrected chi connectivity index (χ3v) is 5.08. The van der Waals surface area contributed by atoms with E-state index < -0.39 is 0 Å². The molecule has 0 amide bonds. The van der Waals surface area contributed by atoms with E-state index in [1.165, 1.54) is 11.1 Å². The van der Waals surface area contributed by atoms with Gasteiger partial charge in [0.25, 0.3) is 0 Å². The Hall–Kier alpha value is -2.37. The average Bonchev–Trinajstić information content (AvgIpc) is 2.98. The second kappa shape index (κ2) is 6.86. The molecule has 5 nitrogen and oxygen atoms in total. The molecule has 1 saturated heterocycles. The molecule has 1 aromatic heterocycles. The lowest BCUT2D eigenvalue weighted by Gasteiger charge is -2.36. The highest BCUT2D eigenvalue weighted by Gasteiger charge is 2.25. The van der Waals surface area contributed by atoms with Crippen LogP contribution >= 0.6 is 0 Å². The molecule has 0 saturated carbocycles. The maximum Gasteiger partial charge on any atom is 0.123 e. The minimum atomic E-state index is 0.347. The molecule has 0 unspecified atom stereocenters. The van der Waals surface area contributed by atoms with E-state index in [1.54, 1.807) is 7.11 Å². The monoisotopic (exact) mass is 336 g/mol. The predicted octanol–water partition coefficient (Wildman–Crippen LogP) is 2.73. The van der Waals surface area contributed by atoms with Crippen LogP contribution in [0.3, 0.4) is 0 Å². The van der Waals surface area contributed by atoms with Gasteiger partial charge in [-0.3, -0.25) is 4.90 Å². The first-order chi connectivity index (χ1) is 12.3. The van der Waals surface area contributed by atoms with Crippen LogP contribution in [0.15, 0.2) is 48.5 Å². The summed E-state index contributed by atoms with van der Waals surface area (Å²) in [7, 11) is 3.81. The van der Waals surface area contributed by atoms with E-state index in [2.05, 4.69) is 52.2 Å². The minimum absolute atomic E-state index is 0.347. The summed E-state index contributed by atoms with van der Waals surface area (Å²) < 4.78 is 7.50. The van der Waals surface area contributed by atoms with Gasteiger partial charge in [-0.2, -0.15) is 0 Å². The Balaban J connectivity index is 1.60. The molecule has 0 aliphatic carbocycles. The van der Waals surface area contributed by atoms with Crippen molar-refractivity contribution in [1.29, 1.82) is 0 Å². The van der Waals surface area contributed by atoms with Gasteiger partial charge in [-0.25, -0.2) is 4.98 Å². The highest BCUT2D eigenvalue weighted by Crippen LogP contribution is 2.26. The molecule has 25 heavy (non-hydrogen) atoms. The maximum atomic E-state index is 5.29. The second-order valence-corrected chi connectivity index (χ2v) is 6.54. The van der Waals surface area contributed by atoms with Gasteiger partial charge in [-0.05, 0) is 29.8 Å². The van der Waals surface area contributed by atoms with Crippen LogP contribution in [0.4, 0.5) is 0 Å². The molecule has 1 N–H and O–H groups in total. The Kier molecular flexibility index (Phi) is 4.42. The standard InChI is InChI=1S/C20H24N4O/c1-23-18-6-4-3-5-17(18)22-20(23)14-24-12-11-21-13-19(24)15-7-9-16(25-2)10-8-15/h3-10,19,21H,11-14H2,1-2H3/t19-/m0/s1. The third-order valence-electron chi connectivity index (χ3n) is 5.08. The fraction of sp³-hybridized carbons (Fsp3) is 0.350. The van der Waals surface area contributed by atoms with E-state index in [0.717, 1.165) is 43.3 Å². The number of imidazole rings is 1. The summed E-state index contributed by atoms with van der Waals surface area (Å²) in [5.74, 6) is 2.01. The Bertz CT molecular complexity index is 856. The summed E-state index contributed by atoms with van der Waals surface area (Å²) in [6.07, 6.45) is 0. The van der Waals surface area contributed by atoms with Crippen molar-refractivity contribution in [3.63, 3.8) is 0 Å². The summed E-state index contributed by atoms with van der Waals surface area (Å²) in [6, 6.07) is 17.1. The molecule has 1 aliphatic rings. The Labute approximate surface area is 148 Å². The molecule has 0 spiro atoms. The number of aromatic nitrogens is 2. The van der Waals surface area contributed by atoms with Crippen molar-refractivity contribution in [3.05, 3.63) is 59.9 Å². The zero-order valence-electron chi connectivity index (χ0n) is 14.8. The van der Waals surface area contributed by atoms with Crippen LogP contribution in [0, 0.1) is 0 Å². The van der Waals surface area contributed by atoms with Gasteiger partial charge in [0.2, 0.25) is 0 Å². The van der Waals surface area contributed by atoms with Crippen molar-refractivity contribution >= 4 is 11.0 Å². The molecule has 0 radical (unpaired) electrons. The smallest absolute Gasteiger partial charge is 0.123 e. The first kappa shape index (κ1) is 16.1. The number of rotatable bonds is 4. The molecule has 2 heterocycles. The van der Waals surface area contributed by atoms with Gasteiger partial charge in [0.1, 0.15) is 11.6 Å². The molecule has 1 fully saturated rings. The van der Waals surface area contributed by atoms with Gasteiger partial charge in [-0.1, -0.05) is 24.3 Å². The molecule has 130 valence electrons. The average molecular weight is 336 g/mol. The van der Waals surface area contributed by atoms with Crippen molar-refractivity contribution in [2.24, 2.45) is 7.05 Å². The normalized spacial score (nSPS) is 18.6. The fourth-order valence-electron chi connectivity index (χ4n) is 3.61. The zero-order valence-corrected chi connectivity index (χ0v) is 14.8. The number of benzene rings is 2. The van der Waals surface area contributed by atoms with Crippen LogP contribution in [-0.4, -0.2) is 41.2 Å². The van der Waals surface area contributed by atoms with Gasteiger partial charge >= 0.3 is 0 Å². The lowest BCUT2D eigenvalue weighted by Crippen LogP contribution is -2.45. The number of nitrogens with one attached hydrogen (secondary N) is 1.